The number of aromatic amines is 1. The summed E-state index contributed by atoms with van der Waals surface area (Å²) < 4.78 is 6.19. The molecular formula is C23H18BrNO2. The molecule has 0 fully saturated rings. The van der Waals surface area contributed by atoms with Gasteiger partial charge in [-0.3, -0.25) is 0 Å². The van der Waals surface area contributed by atoms with E-state index in [1.54, 1.807) is 0 Å². The number of rotatable bonds is 4. The van der Waals surface area contributed by atoms with Gasteiger partial charge in [0.15, 0.2) is 0 Å². The Bertz CT molecular complexity index is 1130. The van der Waals surface area contributed by atoms with Crippen LogP contribution in [0.3, 0.4) is 0 Å². The summed E-state index contributed by atoms with van der Waals surface area (Å²) in [5.74, 6) is -0.352. The van der Waals surface area contributed by atoms with Crippen molar-refractivity contribution < 1.29 is 9.53 Å². The number of hydrogen-bond acceptors (Lipinski definition) is 2. The van der Waals surface area contributed by atoms with E-state index < -0.39 is 0 Å². The number of halogens is 1. The molecule has 1 aromatic heterocycles. The first kappa shape index (κ1) is 17.6. The fraction of sp³-hybridized carbons (Fsp3) is 0.0870. The molecule has 0 aliphatic carbocycles. The van der Waals surface area contributed by atoms with Crippen LogP contribution in [0.15, 0.2) is 77.3 Å². The van der Waals surface area contributed by atoms with Gasteiger partial charge in [0, 0.05) is 15.7 Å². The average molecular weight is 420 g/mol. The molecule has 0 aliphatic heterocycles. The van der Waals surface area contributed by atoms with Crippen LogP contribution in [0.25, 0.3) is 33.2 Å². The number of fused-ring (bicyclic) bond motifs is 1. The largest absolute Gasteiger partial charge is 0.461 e. The number of benzene rings is 3. The number of carbonyl (C=O) groups is 1. The minimum absolute atomic E-state index is 0.332. The molecule has 4 rings (SSSR count). The molecule has 0 aliphatic rings. The van der Waals surface area contributed by atoms with Crippen LogP contribution in [0, 0.1) is 0 Å². The number of ether oxygens (including phenoxy) is 1. The van der Waals surface area contributed by atoms with Crippen molar-refractivity contribution in [2.45, 2.75) is 6.92 Å². The summed E-state index contributed by atoms with van der Waals surface area (Å²) in [5.41, 5.74) is 4.15. The van der Waals surface area contributed by atoms with E-state index in [9.17, 15) is 4.79 Å². The lowest BCUT2D eigenvalue weighted by molar-refractivity contribution is 0.0521. The summed E-state index contributed by atoms with van der Waals surface area (Å²) in [6.45, 7) is 2.14. The zero-order valence-electron chi connectivity index (χ0n) is 14.8. The number of carbonyl (C=O) groups excluding carboxylic acids is 1. The summed E-state index contributed by atoms with van der Waals surface area (Å²) in [7, 11) is 0. The summed E-state index contributed by atoms with van der Waals surface area (Å²) in [4.78, 5) is 15.8. The minimum Gasteiger partial charge on any atom is -0.461 e. The van der Waals surface area contributed by atoms with Crippen LogP contribution in [0.1, 0.15) is 17.4 Å². The number of H-pyrrole nitrogens is 1. The molecular weight excluding hydrogens is 402 g/mol. The second-order valence-corrected chi connectivity index (χ2v) is 7.09. The highest BCUT2D eigenvalue weighted by Gasteiger charge is 2.20. The van der Waals surface area contributed by atoms with Crippen molar-refractivity contribution in [3.63, 3.8) is 0 Å². The first-order chi connectivity index (χ1) is 13.2. The summed E-state index contributed by atoms with van der Waals surface area (Å²) in [6.07, 6.45) is 0. The maximum absolute atomic E-state index is 12.5. The first-order valence-corrected chi connectivity index (χ1v) is 9.61. The Kier molecular flexibility index (Phi) is 4.82. The van der Waals surface area contributed by atoms with Gasteiger partial charge in [0.05, 0.1) is 6.61 Å². The highest BCUT2D eigenvalue weighted by Crippen LogP contribution is 2.35. The Morgan fingerprint density at radius 3 is 2.44 bits per heavy atom. The van der Waals surface area contributed by atoms with Crippen LogP contribution < -0.4 is 0 Å². The van der Waals surface area contributed by atoms with Gasteiger partial charge in [-0.15, -0.1) is 0 Å². The standard InChI is InChI=1S/C23H18BrNO2/c1-2-27-23(26)22-19(18-9-5-6-10-20(18)24)14-21(25-22)17-12-11-15-7-3-4-8-16(15)13-17/h3-14,25H,2H2,1H3. The highest BCUT2D eigenvalue weighted by atomic mass is 79.9. The smallest absolute Gasteiger partial charge is 0.355 e. The zero-order chi connectivity index (χ0) is 18.8. The van der Waals surface area contributed by atoms with Gasteiger partial charge in [-0.05, 0) is 47.0 Å². The fourth-order valence-electron chi connectivity index (χ4n) is 3.22. The van der Waals surface area contributed by atoms with E-state index in [4.69, 9.17) is 4.74 Å². The van der Waals surface area contributed by atoms with Crippen LogP contribution in [0.5, 0.6) is 0 Å². The molecule has 134 valence electrons. The molecule has 0 atom stereocenters. The van der Waals surface area contributed by atoms with Crippen LogP contribution >= 0.6 is 15.9 Å². The van der Waals surface area contributed by atoms with Gasteiger partial charge in [-0.2, -0.15) is 0 Å². The lowest BCUT2D eigenvalue weighted by Crippen LogP contribution is -2.06. The Hall–Kier alpha value is -2.85. The van der Waals surface area contributed by atoms with Crippen molar-refractivity contribution in [1.82, 2.24) is 4.98 Å². The maximum atomic E-state index is 12.5. The zero-order valence-corrected chi connectivity index (χ0v) is 16.4. The third-order valence-corrected chi connectivity index (χ3v) is 5.21. The molecule has 0 amide bonds. The Morgan fingerprint density at radius 1 is 0.926 bits per heavy atom. The van der Waals surface area contributed by atoms with Crippen LogP contribution in [0.4, 0.5) is 0 Å². The Balaban J connectivity index is 1.87. The van der Waals surface area contributed by atoms with E-state index in [2.05, 4.69) is 51.2 Å². The molecule has 1 N–H and O–H groups in total. The molecule has 0 radical (unpaired) electrons. The van der Waals surface area contributed by atoms with Crippen molar-refractivity contribution in [2.75, 3.05) is 6.61 Å². The van der Waals surface area contributed by atoms with Gasteiger partial charge in [0.25, 0.3) is 0 Å². The van der Waals surface area contributed by atoms with Crippen molar-refractivity contribution in [3.05, 3.63) is 83.0 Å². The Morgan fingerprint density at radius 2 is 1.67 bits per heavy atom. The van der Waals surface area contributed by atoms with Gasteiger partial charge in [0.1, 0.15) is 5.69 Å². The topological polar surface area (TPSA) is 42.1 Å². The quantitative estimate of drug-likeness (QED) is 0.386. The normalized spacial score (nSPS) is 10.9. The summed E-state index contributed by atoms with van der Waals surface area (Å²) in [5, 5.41) is 2.34. The molecule has 3 aromatic carbocycles. The number of nitrogens with one attached hydrogen (secondary N) is 1. The Labute approximate surface area is 166 Å². The molecule has 27 heavy (non-hydrogen) atoms. The predicted molar refractivity (Wildman–Crippen MR) is 113 cm³/mol. The van der Waals surface area contributed by atoms with Crippen molar-refractivity contribution in [2.24, 2.45) is 0 Å². The third-order valence-electron chi connectivity index (χ3n) is 4.52. The van der Waals surface area contributed by atoms with Crippen LogP contribution in [-0.4, -0.2) is 17.6 Å². The molecule has 0 saturated heterocycles. The molecule has 4 aromatic rings. The van der Waals surface area contributed by atoms with Crippen LogP contribution in [-0.2, 0) is 4.74 Å². The summed E-state index contributed by atoms with van der Waals surface area (Å²) in [6, 6.07) is 24.4. The van der Waals surface area contributed by atoms with Crippen LogP contribution in [0.2, 0.25) is 0 Å². The van der Waals surface area contributed by atoms with Crippen molar-refractivity contribution >= 4 is 32.7 Å². The molecule has 0 unspecified atom stereocenters. The SMILES string of the molecule is CCOC(=O)c1[nH]c(-c2ccc3ccccc3c2)cc1-c1ccccc1Br. The van der Waals surface area contributed by atoms with Gasteiger partial charge < -0.3 is 9.72 Å². The van der Waals surface area contributed by atoms with Gasteiger partial charge in [0.2, 0.25) is 0 Å². The summed E-state index contributed by atoms with van der Waals surface area (Å²) >= 11 is 3.59. The van der Waals surface area contributed by atoms with E-state index in [1.165, 1.54) is 5.39 Å². The number of hydrogen-bond donors (Lipinski definition) is 1. The molecule has 3 nitrogen and oxygen atoms in total. The number of esters is 1. The molecule has 4 heteroatoms. The monoisotopic (exact) mass is 419 g/mol. The lowest BCUT2D eigenvalue weighted by Gasteiger charge is -2.05. The van der Waals surface area contributed by atoms with Gasteiger partial charge in [-0.1, -0.05) is 70.5 Å². The second kappa shape index (κ2) is 7.41. The second-order valence-electron chi connectivity index (χ2n) is 6.23. The fourth-order valence-corrected chi connectivity index (χ4v) is 3.72. The molecule has 0 saturated carbocycles. The van der Waals surface area contributed by atoms with Crippen molar-refractivity contribution in [1.29, 1.82) is 0 Å². The van der Waals surface area contributed by atoms with E-state index >= 15 is 0 Å². The highest BCUT2D eigenvalue weighted by molar-refractivity contribution is 9.10. The third kappa shape index (κ3) is 3.40. The predicted octanol–water partition coefficient (Wildman–Crippen LogP) is 6.44. The van der Waals surface area contributed by atoms with E-state index in [-0.39, 0.29) is 5.97 Å². The van der Waals surface area contributed by atoms with Gasteiger partial charge in [-0.25, -0.2) is 4.79 Å². The average Bonchev–Trinajstić information content (AvgIpc) is 3.13. The van der Waals surface area contributed by atoms with Gasteiger partial charge >= 0.3 is 5.97 Å². The molecule has 1 heterocycles. The first-order valence-electron chi connectivity index (χ1n) is 8.81. The number of aromatic nitrogens is 1. The molecule has 0 spiro atoms. The maximum Gasteiger partial charge on any atom is 0.355 e. The lowest BCUT2D eigenvalue weighted by atomic mass is 10.0. The molecule has 0 bridgehead atoms. The van der Waals surface area contributed by atoms with Crippen molar-refractivity contribution in [3.8, 4) is 22.4 Å². The van der Waals surface area contributed by atoms with E-state index in [1.807, 2.05) is 49.4 Å². The van der Waals surface area contributed by atoms with E-state index in [0.29, 0.717) is 12.3 Å². The van der Waals surface area contributed by atoms with E-state index in [0.717, 1.165) is 32.2 Å². The minimum atomic E-state index is -0.352.